The molecule has 0 atom stereocenters. The van der Waals surface area contributed by atoms with E-state index in [1.165, 1.54) is 0 Å². The Kier molecular flexibility index (Phi) is 6.65. The van der Waals surface area contributed by atoms with Gasteiger partial charge in [-0.1, -0.05) is 53.0 Å². The molecule has 0 spiro atoms. The fourth-order valence-corrected chi connectivity index (χ4v) is 4.20. The van der Waals surface area contributed by atoms with Crippen molar-refractivity contribution in [3.63, 3.8) is 0 Å². The Morgan fingerprint density at radius 3 is 2.21 bits per heavy atom. The number of hydrogen-bond donors (Lipinski definition) is 0. The first-order chi connectivity index (χ1) is 13.7. The lowest BCUT2D eigenvalue weighted by molar-refractivity contribution is -0.138. The lowest BCUT2D eigenvalue weighted by Gasteiger charge is -2.14. The molecule has 0 aliphatic rings. The summed E-state index contributed by atoms with van der Waals surface area (Å²) in [6, 6.07) is 13.6. The number of alkyl halides is 3. The predicted octanol–water partition coefficient (Wildman–Crippen LogP) is 7.89. The number of thioether (sulfide) groups is 1. The average molecular weight is 474 g/mol. The van der Waals surface area contributed by atoms with Gasteiger partial charge in [0.15, 0.2) is 0 Å². The fourth-order valence-electron chi connectivity index (χ4n) is 2.51. The SMILES string of the molecule is N#Cc1c(C(F)(F)F)cc(-c2ccc(Cl)cc2)nc1SCc1ccc(Cl)cc1Cl. The zero-order valence-electron chi connectivity index (χ0n) is 14.4. The first-order valence-electron chi connectivity index (χ1n) is 8.04. The van der Waals surface area contributed by atoms with E-state index in [4.69, 9.17) is 34.8 Å². The summed E-state index contributed by atoms with van der Waals surface area (Å²) >= 11 is 18.9. The Hall–Kier alpha value is -1.91. The minimum Gasteiger partial charge on any atom is -0.240 e. The molecule has 0 bridgehead atoms. The fraction of sp³-hybridized carbons (Fsp3) is 0.100. The Labute approximate surface area is 184 Å². The molecule has 0 amide bonds. The molecule has 0 aliphatic carbocycles. The number of rotatable bonds is 4. The van der Waals surface area contributed by atoms with Gasteiger partial charge in [-0.3, -0.25) is 0 Å². The van der Waals surface area contributed by atoms with E-state index in [1.807, 2.05) is 0 Å². The van der Waals surface area contributed by atoms with Crippen molar-refractivity contribution in [1.82, 2.24) is 4.98 Å². The Morgan fingerprint density at radius 1 is 0.966 bits per heavy atom. The molecule has 3 rings (SSSR count). The van der Waals surface area contributed by atoms with Gasteiger partial charge in [0.25, 0.3) is 0 Å². The predicted molar refractivity (Wildman–Crippen MR) is 110 cm³/mol. The zero-order chi connectivity index (χ0) is 21.2. The monoisotopic (exact) mass is 472 g/mol. The molecule has 0 saturated carbocycles. The summed E-state index contributed by atoms with van der Waals surface area (Å²) < 4.78 is 40.8. The van der Waals surface area contributed by atoms with Crippen molar-refractivity contribution in [2.45, 2.75) is 17.0 Å². The van der Waals surface area contributed by atoms with Gasteiger partial charge in [0.05, 0.1) is 16.8 Å². The highest BCUT2D eigenvalue weighted by atomic mass is 35.5. The smallest absolute Gasteiger partial charge is 0.240 e. The van der Waals surface area contributed by atoms with E-state index in [2.05, 4.69) is 4.98 Å². The average Bonchev–Trinajstić information content (AvgIpc) is 2.66. The number of aromatic nitrogens is 1. The second-order valence-electron chi connectivity index (χ2n) is 5.88. The van der Waals surface area contributed by atoms with Gasteiger partial charge < -0.3 is 0 Å². The number of hydrogen-bond acceptors (Lipinski definition) is 3. The molecular weight excluding hydrogens is 464 g/mol. The van der Waals surface area contributed by atoms with Crippen molar-refractivity contribution in [2.75, 3.05) is 0 Å². The summed E-state index contributed by atoms with van der Waals surface area (Å²) in [5.41, 5.74) is -0.347. The van der Waals surface area contributed by atoms with Crippen LogP contribution in [0.15, 0.2) is 53.6 Å². The standard InChI is InChI=1S/C20H10Cl3F3N2S/c21-13-4-1-11(2-5-13)18-8-16(20(24,25)26)15(9-27)19(28-18)29-10-12-3-6-14(22)7-17(12)23/h1-8H,10H2. The number of pyridine rings is 1. The van der Waals surface area contributed by atoms with Crippen molar-refractivity contribution in [3.05, 3.63) is 80.3 Å². The minimum atomic E-state index is -4.71. The van der Waals surface area contributed by atoms with Crippen molar-refractivity contribution >= 4 is 46.6 Å². The van der Waals surface area contributed by atoms with Gasteiger partial charge in [-0.05, 0) is 35.9 Å². The van der Waals surface area contributed by atoms with Gasteiger partial charge in [-0.2, -0.15) is 18.4 Å². The van der Waals surface area contributed by atoms with Crippen LogP contribution < -0.4 is 0 Å². The van der Waals surface area contributed by atoms with Crippen LogP contribution in [0.4, 0.5) is 13.2 Å². The number of nitrogens with zero attached hydrogens (tertiary/aromatic N) is 2. The quantitative estimate of drug-likeness (QED) is 0.361. The Morgan fingerprint density at radius 2 is 1.62 bits per heavy atom. The summed E-state index contributed by atoms with van der Waals surface area (Å²) in [5, 5.41) is 10.6. The van der Waals surface area contributed by atoms with Crippen LogP contribution in [-0.2, 0) is 11.9 Å². The van der Waals surface area contributed by atoms with Crippen LogP contribution in [0.2, 0.25) is 15.1 Å². The molecule has 2 aromatic carbocycles. The summed E-state index contributed by atoms with van der Waals surface area (Å²) in [6.45, 7) is 0. The molecule has 0 fully saturated rings. The van der Waals surface area contributed by atoms with Crippen LogP contribution in [0.25, 0.3) is 11.3 Å². The third-order valence-electron chi connectivity index (χ3n) is 3.92. The van der Waals surface area contributed by atoms with Crippen molar-refractivity contribution < 1.29 is 13.2 Å². The maximum atomic E-state index is 13.6. The largest absolute Gasteiger partial charge is 0.417 e. The highest BCUT2D eigenvalue weighted by Crippen LogP contribution is 2.39. The molecule has 1 heterocycles. The lowest BCUT2D eigenvalue weighted by atomic mass is 10.1. The van der Waals surface area contributed by atoms with Crippen molar-refractivity contribution in [1.29, 1.82) is 5.26 Å². The van der Waals surface area contributed by atoms with Gasteiger partial charge in [0.1, 0.15) is 11.1 Å². The molecule has 0 unspecified atom stereocenters. The molecule has 2 nitrogen and oxygen atoms in total. The number of benzene rings is 2. The third-order valence-corrected chi connectivity index (χ3v) is 5.79. The van der Waals surface area contributed by atoms with Gasteiger partial charge in [-0.25, -0.2) is 4.98 Å². The van der Waals surface area contributed by atoms with Crippen LogP contribution in [0.1, 0.15) is 16.7 Å². The zero-order valence-corrected chi connectivity index (χ0v) is 17.5. The van der Waals surface area contributed by atoms with E-state index in [0.29, 0.717) is 26.2 Å². The van der Waals surface area contributed by atoms with E-state index >= 15 is 0 Å². The molecule has 0 saturated heterocycles. The van der Waals surface area contributed by atoms with E-state index in [1.54, 1.807) is 48.5 Å². The third kappa shape index (κ3) is 5.18. The van der Waals surface area contributed by atoms with Crippen LogP contribution in [0.5, 0.6) is 0 Å². The molecule has 0 N–H and O–H groups in total. The second kappa shape index (κ2) is 8.85. The van der Waals surface area contributed by atoms with Crippen LogP contribution in [0.3, 0.4) is 0 Å². The summed E-state index contributed by atoms with van der Waals surface area (Å²) in [6.07, 6.45) is -4.71. The van der Waals surface area contributed by atoms with E-state index < -0.39 is 17.3 Å². The maximum absolute atomic E-state index is 13.6. The Balaban J connectivity index is 2.07. The molecule has 9 heteroatoms. The molecular formula is C20H10Cl3F3N2S. The van der Waals surface area contributed by atoms with Crippen LogP contribution in [-0.4, -0.2) is 4.98 Å². The van der Waals surface area contributed by atoms with Gasteiger partial charge >= 0.3 is 6.18 Å². The van der Waals surface area contributed by atoms with E-state index in [0.717, 1.165) is 17.8 Å². The summed E-state index contributed by atoms with van der Waals surface area (Å²) in [5.74, 6) is 0.221. The normalized spacial score (nSPS) is 11.3. The van der Waals surface area contributed by atoms with E-state index in [-0.39, 0.29) is 16.5 Å². The molecule has 148 valence electrons. The molecule has 3 aromatic rings. The van der Waals surface area contributed by atoms with Gasteiger partial charge in [0, 0.05) is 26.4 Å². The highest BCUT2D eigenvalue weighted by Gasteiger charge is 2.36. The van der Waals surface area contributed by atoms with Gasteiger partial charge in [-0.15, -0.1) is 11.8 Å². The van der Waals surface area contributed by atoms with Crippen molar-refractivity contribution in [2.24, 2.45) is 0 Å². The molecule has 1 aromatic heterocycles. The molecule has 0 aliphatic heterocycles. The lowest BCUT2D eigenvalue weighted by Crippen LogP contribution is -2.10. The van der Waals surface area contributed by atoms with E-state index in [9.17, 15) is 18.4 Å². The van der Waals surface area contributed by atoms with Crippen LogP contribution >= 0.6 is 46.6 Å². The van der Waals surface area contributed by atoms with Gasteiger partial charge in [0.2, 0.25) is 0 Å². The first-order valence-corrected chi connectivity index (χ1v) is 10.2. The first kappa shape index (κ1) is 21.8. The number of nitriles is 1. The topological polar surface area (TPSA) is 36.7 Å². The Bertz CT molecular complexity index is 1090. The second-order valence-corrected chi connectivity index (χ2v) is 8.12. The summed E-state index contributed by atoms with van der Waals surface area (Å²) in [7, 11) is 0. The highest BCUT2D eigenvalue weighted by molar-refractivity contribution is 7.98. The molecule has 0 radical (unpaired) electrons. The molecule has 29 heavy (non-hydrogen) atoms. The van der Waals surface area contributed by atoms with Crippen molar-refractivity contribution in [3.8, 4) is 17.3 Å². The summed E-state index contributed by atoms with van der Waals surface area (Å²) in [4.78, 5) is 4.31. The van der Waals surface area contributed by atoms with Crippen LogP contribution in [0, 0.1) is 11.3 Å². The minimum absolute atomic E-state index is 0.0294. The maximum Gasteiger partial charge on any atom is 0.417 e. The number of halogens is 6.